The minimum atomic E-state index is -1.07. The van der Waals surface area contributed by atoms with Crippen LogP contribution < -0.4 is 16.4 Å². The van der Waals surface area contributed by atoms with Crippen LogP contribution in [-0.4, -0.2) is 39.6 Å². The molecule has 0 aliphatic carbocycles. The monoisotopic (exact) mass is 499 g/mol. The van der Waals surface area contributed by atoms with Gasteiger partial charge in [0, 0.05) is 12.1 Å². The van der Waals surface area contributed by atoms with Gasteiger partial charge in [0.2, 0.25) is 11.8 Å². The van der Waals surface area contributed by atoms with Crippen molar-refractivity contribution >= 4 is 29.6 Å². The molecule has 0 aliphatic rings. The highest BCUT2D eigenvalue weighted by Gasteiger charge is 2.24. The van der Waals surface area contributed by atoms with Crippen molar-refractivity contribution in [3.63, 3.8) is 0 Å². The topological polar surface area (TPSA) is 145 Å². The van der Waals surface area contributed by atoms with Gasteiger partial charge < -0.3 is 21.1 Å². The Balaban J connectivity index is 1.66. The van der Waals surface area contributed by atoms with Crippen molar-refractivity contribution < 1.29 is 32.7 Å². The lowest BCUT2D eigenvalue weighted by Gasteiger charge is -2.17. The van der Waals surface area contributed by atoms with E-state index in [0.717, 1.165) is 23.8 Å². The zero-order valence-corrected chi connectivity index (χ0v) is 19.2. The number of hydrogen-bond acceptors (Lipinski definition) is 6. The number of anilines is 1. The second kappa shape index (κ2) is 11.7. The number of primary amides is 1. The largest absolute Gasteiger partial charge is 0.456 e. The van der Waals surface area contributed by atoms with Crippen LogP contribution in [0.4, 0.5) is 19.4 Å². The molecule has 0 saturated heterocycles. The van der Waals surface area contributed by atoms with Gasteiger partial charge >= 0.3 is 12.0 Å². The van der Waals surface area contributed by atoms with Crippen LogP contribution in [0.1, 0.15) is 35.0 Å². The number of nitrogens with two attached hydrogens (primary N) is 1. The number of hydrogen-bond donors (Lipinski definition) is 3. The molecule has 188 valence electrons. The van der Waals surface area contributed by atoms with Crippen LogP contribution in [0.25, 0.3) is 0 Å². The summed E-state index contributed by atoms with van der Waals surface area (Å²) >= 11 is 0. The first kappa shape index (κ1) is 26.0. The Morgan fingerprint density at radius 1 is 1.03 bits per heavy atom. The lowest BCUT2D eigenvalue weighted by atomic mass is 10.1. The number of ether oxygens (including phenoxy) is 1. The quantitative estimate of drug-likeness (QED) is 0.386. The van der Waals surface area contributed by atoms with Gasteiger partial charge in [0.25, 0.3) is 0 Å². The number of halogens is 2. The Morgan fingerprint density at radius 2 is 1.69 bits per heavy atom. The molecule has 3 aromatic rings. The molecule has 3 rings (SSSR count). The summed E-state index contributed by atoms with van der Waals surface area (Å²) in [7, 11) is 0. The first-order valence-corrected chi connectivity index (χ1v) is 10.8. The van der Waals surface area contributed by atoms with E-state index in [2.05, 4.69) is 15.7 Å². The predicted molar refractivity (Wildman–Crippen MR) is 124 cm³/mol. The fourth-order valence-electron chi connectivity index (χ4n) is 3.25. The molecule has 36 heavy (non-hydrogen) atoms. The first-order valence-electron chi connectivity index (χ1n) is 10.8. The van der Waals surface area contributed by atoms with Gasteiger partial charge in [-0.25, -0.2) is 18.4 Å². The van der Waals surface area contributed by atoms with Crippen molar-refractivity contribution in [1.82, 2.24) is 15.1 Å². The number of aromatic nitrogens is 2. The van der Waals surface area contributed by atoms with Gasteiger partial charge in [-0.15, -0.1) is 0 Å². The Morgan fingerprint density at radius 3 is 2.31 bits per heavy atom. The number of amides is 3. The number of nitrogens with zero attached hydrogens (tertiary/aromatic N) is 2. The Bertz CT molecular complexity index is 1260. The summed E-state index contributed by atoms with van der Waals surface area (Å²) in [5.74, 6) is -4.12. The summed E-state index contributed by atoms with van der Waals surface area (Å²) in [5, 5.41) is 8.64. The normalized spacial score (nSPS) is 11.4. The number of nitrogens with one attached hydrogen (secondary N) is 2. The Kier molecular flexibility index (Phi) is 8.44. The Labute approximate surface area is 204 Å². The van der Waals surface area contributed by atoms with Crippen molar-refractivity contribution in [2.75, 3.05) is 5.32 Å². The third-order valence-corrected chi connectivity index (χ3v) is 4.94. The Hall–Kier alpha value is -4.61. The summed E-state index contributed by atoms with van der Waals surface area (Å²) in [6.07, 6.45) is -0.221. The fourth-order valence-corrected chi connectivity index (χ4v) is 3.25. The second-order valence-electron chi connectivity index (χ2n) is 7.70. The van der Waals surface area contributed by atoms with Crippen LogP contribution in [0.2, 0.25) is 0 Å². The molecule has 12 heteroatoms. The van der Waals surface area contributed by atoms with Gasteiger partial charge in [0.05, 0.1) is 6.42 Å². The van der Waals surface area contributed by atoms with E-state index in [4.69, 9.17) is 10.5 Å². The summed E-state index contributed by atoms with van der Waals surface area (Å²) in [4.78, 5) is 49.2. The van der Waals surface area contributed by atoms with E-state index in [-0.39, 0.29) is 36.5 Å². The summed E-state index contributed by atoms with van der Waals surface area (Å²) in [6.45, 7) is 1.58. The van der Waals surface area contributed by atoms with E-state index in [1.54, 1.807) is 31.2 Å². The fraction of sp³-hybridized carbons (Fsp3) is 0.208. The van der Waals surface area contributed by atoms with E-state index in [1.165, 1.54) is 0 Å². The summed E-state index contributed by atoms with van der Waals surface area (Å²) < 4.78 is 32.5. The zero-order chi connectivity index (χ0) is 26.2. The molecule has 2 aromatic carbocycles. The molecule has 1 atom stereocenters. The number of esters is 1. The molecule has 1 unspecified atom stereocenters. The van der Waals surface area contributed by atoms with Crippen molar-refractivity contribution in [1.29, 1.82) is 0 Å². The molecule has 0 radical (unpaired) electrons. The predicted octanol–water partition coefficient (Wildman–Crippen LogP) is 2.52. The van der Waals surface area contributed by atoms with Gasteiger partial charge in [-0.3, -0.25) is 9.59 Å². The molecule has 10 nitrogen and oxygen atoms in total. The number of rotatable bonds is 9. The number of carbonyl (C=O) groups excluding carboxylic acids is 4. The van der Waals surface area contributed by atoms with Gasteiger partial charge in [-0.05, 0) is 29.7 Å². The van der Waals surface area contributed by atoms with Gasteiger partial charge in [-0.2, -0.15) is 9.78 Å². The minimum absolute atomic E-state index is 0.0377. The van der Waals surface area contributed by atoms with E-state index in [9.17, 15) is 28.0 Å². The molecule has 4 N–H and O–H groups in total. The standard InChI is InChI=1S/C24H23F2N5O5/c1-2-18(28-21(32)10-15-8-16(25)11-17(26)9-15)22(33)29-20-12-19(30-31(20)24(27)35)23(34)36-13-14-6-4-3-5-7-14/h3-9,11-12,18H,2,10,13H2,1H3,(H2,27,35)(H,28,32)(H,29,33). The van der Waals surface area contributed by atoms with E-state index < -0.39 is 41.5 Å². The highest BCUT2D eigenvalue weighted by atomic mass is 19.1. The van der Waals surface area contributed by atoms with E-state index >= 15 is 0 Å². The SMILES string of the molecule is CCC(NC(=O)Cc1cc(F)cc(F)c1)C(=O)Nc1cc(C(=O)OCc2ccccc2)nn1C(N)=O. The molecule has 0 spiro atoms. The molecule has 0 fully saturated rings. The second-order valence-corrected chi connectivity index (χ2v) is 7.70. The molecule has 3 amide bonds. The third-order valence-electron chi connectivity index (χ3n) is 4.94. The lowest BCUT2D eigenvalue weighted by molar-refractivity contribution is -0.126. The van der Waals surface area contributed by atoms with Crippen molar-refractivity contribution in [2.45, 2.75) is 32.4 Å². The van der Waals surface area contributed by atoms with Gasteiger partial charge in [0.1, 0.15) is 30.1 Å². The molecule has 0 saturated carbocycles. The number of carbonyl (C=O) groups is 4. The van der Waals surface area contributed by atoms with E-state index in [0.29, 0.717) is 10.7 Å². The maximum atomic E-state index is 13.4. The van der Waals surface area contributed by atoms with Crippen molar-refractivity contribution in [2.24, 2.45) is 5.73 Å². The summed E-state index contributed by atoms with van der Waals surface area (Å²) in [5.41, 5.74) is 5.84. The number of benzene rings is 2. The van der Waals surface area contributed by atoms with Crippen molar-refractivity contribution in [3.05, 3.63) is 83.1 Å². The van der Waals surface area contributed by atoms with Gasteiger partial charge in [0.15, 0.2) is 5.69 Å². The maximum Gasteiger partial charge on any atom is 0.359 e. The zero-order valence-electron chi connectivity index (χ0n) is 19.2. The van der Waals surface area contributed by atoms with Crippen molar-refractivity contribution in [3.8, 4) is 0 Å². The minimum Gasteiger partial charge on any atom is -0.456 e. The smallest absolute Gasteiger partial charge is 0.359 e. The van der Waals surface area contributed by atoms with E-state index in [1.807, 2.05) is 6.07 Å². The van der Waals surface area contributed by atoms with Crippen LogP contribution in [0.5, 0.6) is 0 Å². The van der Waals surface area contributed by atoms with Crippen LogP contribution in [0.15, 0.2) is 54.6 Å². The first-order chi connectivity index (χ1) is 17.2. The average molecular weight is 499 g/mol. The van der Waals surface area contributed by atoms with Gasteiger partial charge in [-0.1, -0.05) is 37.3 Å². The molecule has 0 aliphatic heterocycles. The third kappa shape index (κ3) is 6.95. The van der Waals surface area contributed by atoms with Crippen LogP contribution in [0, 0.1) is 11.6 Å². The highest BCUT2D eigenvalue weighted by Crippen LogP contribution is 2.14. The summed E-state index contributed by atoms with van der Waals surface area (Å²) in [6, 6.07) is 10.5. The molecular weight excluding hydrogens is 476 g/mol. The molecule has 0 bridgehead atoms. The molecule has 1 aromatic heterocycles. The average Bonchev–Trinajstić information content (AvgIpc) is 3.25. The highest BCUT2D eigenvalue weighted by molar-refractivity contribution is 5.99. The van der Waals surface area contributed by atoms with Crippen LogP contribution in [-0.2, 0) is 27.4 Å². The molecular formula is C24H23F2N5O5. The van der Waals surface area contributed by atoms with Crippen LogP contribution in [0.3, 0.4) is 0 Å². The maximum absolute atomic E-state index is 13.4. The lowest BCUT2D eigenvalue weighted by Crippen LogP contribution is -2.44. The molecule has 1 heterocycles. The van der Waals surface area contributed by atoms with Crippen LogP contribution >= 0.6 is 0 Å².